The van der Waals surface area contributed by atoms with Crippen LogP contribution in [0, 0.1) is 22.7 Å². The number of nitrogens with zero attached hydrogens (tertiary/aromatic N) is 5. The van der Waals surface area contributed by atoms with Crippen LogP contribution in [0.2, 0.25) is 0 Å². The van der Waals surface area contributed by atoms with E-state index in [1.807, 2.05) is 36.4 Å². The van der Waals surface area contributed by atoms with Gasteiger partial charge in [0.25, 0.3) is 0 Å². The lowest BCUT2D eigenvalue weighted by atomic mass is 9.99. The van der Waals surface area contributed by atoms with Crippen molar-refractivity contribution < 1.29 is 0 Å². The maximum atomic E-state index is 10.8. The molecule has 0 aliphatic carbocycles. The van der Waals surface area contributed by atoms with Crippen LogP contribution in [0.4, 0.5) is 0 Å². The molecular weight excluding hydrogens is 671 g/mol. The summed E-state index contributed by atoms with van der Waals surface area (Å²) in [5.41, 5.74) is 12.4. The summed E-state index contributed by atoms with van der Waals surface area (Å²) < 4.78 is 6.90. The van der Waals surface area contributed by atoms with E-state index >= 15 is 0 Å². The molecule has 0 aliphatic rings. The minimum Gasteiger partial charge on any atom is -0.309 e. The van der Waals surface area contributed by atoms with Crippen LogP contribution in [-0.2, 0) is 0 Å². The van der Waals surface area contributed by atoms with Crippen molar-refractivity contribution in [3.63, 3.8) is 0 Å². The maximum absolute atomic E-state index is 10.8. The summed E-state index contributed by atoms with van der Waals surface area (Å²) in [5, 5.41) is 27.5. The molecule has 0 aliphatic heterocycles. The van der Waals surface area contributed by atoms with Gasteiger partial charge in [0.1, 0.15) is 0 Å². The van der Waals surface area contributed by atoms with Gasteiger partial charge in [-0.3, -0.25) is 0 Å². The molecule has 11 rings (SSSR count). The van der Waals surface area contributed by atoms with E-state index < -0.39 is 0 Å². The van der Waals surface area contributed by atoms with Crippen molar-refractivity contribution in [3.05, 3.63) is 187 Å². The Hall–Kier alpha value is -7.86. The summed E-state index contributed by atoms with van der Waals surface area (Å²) in [7, 11) is 0. The topological polar surface area (TPSA) is 62.4 Å². The number of aromatic nitrogens is 3. The average Bonchev–Trinajstić information content (AvgIpc) is 3.89. The Morgan fingerprint density at radius 1 is 0.364 bits per heavy atom. The molecule has 254 valence electrons. The van der Waals surface area contributed by atoms with Crippen molar-refractivity contribution >= 4 is 65.4 Å². The van der Waals surface area contributed by atoms with Crippen LogP contribution in [0.1, 0.15) is 11.1 Å². The van der Waals surface area contributed by atoms with Gasteiger partial charge >= 0.3 is 0 Å². The fourth-order valence-electron chi connectivity index (χ4n) is 8.85. The zero-order chi connectivity index (χ0) is 36.6. The van der Waals surface area contributed by atoms with Gasteiger partial charge in [-0.05, 0) is 77.9 Å². The Bertz CT molecular complexity index is 3420. The zero-order valence-corrected chi connectivity index (χ0v) is 29.5. The second-order valence-corrected chi connectivity index (χ2v) is 14.0. The van der Waals surface area contributed by atoms with E-state index in [-0.39, 0.29) is 0 Å². The van der Waals surface area contributed by atoms with Gasteiger partial charge in [-0.15, -0.1) is 0 Å². The molecule has 0 saturated heterocycles. The maximum Gasteiger partial charge on any atom is 0.0998 e. The molecule has 5 nitrogen and oxygen atoms in total. The molecule has 0 N–H and O–H groups in total. The highest BCUT2D eigenvalue weighted by molar-refractivity contribution is 6.15. The summed E-state index contributed by atoms with van der Waals surface area (Å²) in [6.45, 7) is 0. The van der Waals surface area contributed by atoms with Gasteiger partial charge in [-0.2, -0.15) is 10.5 Å². The Morgan fingerprint density at radius 2 is 0.891 bits per heavy atom. The quantitative estimate of drug-likeness (QED) is 0.184. The minimum absolute atomic E-state index is 0.587. The number of para-hydroxylation sites is 5. The standard InChI is InChI=1S/C50H29N5/c51-30-33-13-10-24-47-49(33)42-18-4-8-23-46(42)53(47)35-14-9-12-32(28-35)37-27-26-36(29-34(37)31-52)54-43-20-5-3-17-40(43)41-19-11-25-48(50(41)54)55-44-21-6-1-15-38(44)39-16-2-7-22-45(39)55/h1-29H. The second-order valence-electron chi connectivity index (χ2n) is 14.0. The van der Waals surface area contributed by atoms with E-state index in [0.717, 1.165) is 82.8 Å². The summed E-state index contributed by atoms with van der Waals surface area (Å²) in [4.78, 5) is 0. The van der Waals surface area contributed by atoms with E-state index in [4.69, 9.17) is 0 Å². The molecule has 55 heavy (non-hydrogen) atoms. The van der Waals surface area contributed by atoms with E-state index in [1.54, 1.807) is 0 Å². The number of rotatable bonds is 4. The molecule has 3 aromatic heterocycles. The highest BCUT2D eigenvalue weighted by Gasteiger charge is 2.21. The van der Waals surface area contributed by atoms with Gasteiger partial charge in [-0.1, -0.05) is 109 Å². The fourth-order valence-corrected chi connectivity index (χ4v) is 8.85. The van der Waals surface area contributed by atoms with E-state index in [2.05, 4.69) is 165 Å². The molecular formula is C50H29N5. The first-order valence-corrected chi connectivity index (χ1v) is 18.3. The molecule has 5 heteroatoms. The summed E-state index contributed by atoms with van der Waals surface area (Å²) in [6, 6.07) is 65.9. The van der Waals surface area contributed by atoms with Crippen molar-refractivity contribution in [3.8, 4) is 40.3 Å². The van der Waals surface area contributed by atoms with Crippen LogP contribution in [0.25, 0.3) is 93.6 Å². The molecule has 8 aromatic carbocycles. The SMILES string of the molecule is N#Cc1cc(-n2c3ccccc3c3cccc(-n4c5ccccc5c5ccccc54)c32)ccc1-c1cccc(-n2c3ccccc3c3c(C#N)cccc32)c1. The summed E-state index contributed by atoms with van der Waals surface area (Å²) in [5.74, 6) is 0. The molecule has 0 amide bonds. The van der Waals surface area contributed by atoms with Gasteiger partial charge in [0, 0.05) is 43.7 Å². The molecule has 3 heterocycles. The van der Waals surface area contributed by atoms with Crippen molar-refractivity contribution in [2.24, 2.45) is 0 Å². The lowest BCUT2D eigenvalue weighted by Crippen LogP contribution is -2.01. The van der Waals surface area contributed by atoms with Crippen LogP contribution in [0.5, 0.6) is 0 Å². The van der Waals surface area contributed by atoms with E-state index in [1.165, 1.54) is 10.8 Å². The second kappa shape index (κ2) is 11.8. The van der Waals surface area contributed by atoms with Crippen molar-refractivity contribution in [1.29, 1.82) is 10.5 Å². The number of benzene rings is 8. The first-order valence-electron chi connectivity index (χ1n) is 18.3. The van der Waals surface area contributed by atoms with Crippen molar-refractivity contribution in [2.45, 2.75) is 0 Å². The van der Waals surface area contributed by atoms with E-state index in [9.17, 15) is 10.5 Å². The molecule has 0 atom stereocenters. The van der Waals surface area contributed by atoms with Crippen LogP contribution in [0.15, 0.2) is 176 Å². The Kier molecular flexibility index (Phi) is 6.61. The highest BCUT2D eigenvalue weighted by atomic mass is 15.1. The lowest BCUT2D eigenvalue weighted by Gasteiger charge is -2.16. The normalized spacial score (nSPS) is 11.6. The third kappa shape index (κ3) is 4.39. The molecule has 0 saturated carbocycles. The smallest absolute Gasteiger partial charge is 0.0998 e. The van der Waals surface area contributed by atoms with Gasteiger partial charge < -0.3 is 13.7 Å². The predicted molar refractivity (Wildman–Crippen MR) is 224 cm³/mol. The Morgan fingerprint density at radius 3 is 1.58 bits per heavy atom. The fraction of sp³-hybridized carbons (Fsp3) is 0. The number of nitriles is 2. The van der Waals surface area contributed by atoms with Gasteiger partial charge in [0.2, 0.25) is 0 Å². The molecule has 0 spiro atoms. The average molecular weight is 700 g/mol. The highest BCUT2D eigenvalue weighted by Crippen LogP contribution is 2.41. The first kappa shape index (κ1) is 30.7. The Balaban J connectivity index is 1.13. The molecule has 0 fully saturated rings. The third-order valence-electron chi connectivity index (χ3n) is 11.1. The third-order valence-corrected chi connectivity index (χ3v) is 11.1. The first-order chi connectivity index (χ1) is 27.2. The summed E-state index contributed by atoms with van der Waals surface area (Å²) in [6.07, 6.45) is 0. The lowest BCUT2D eigenvalue weighted by molar-refractivity contribution is 1.13. The van der Waals surface area contributed by atoms with Gasteiger partial charge in [-0.25, -0.2) is 0 Å². The van der Waals surface area contributed by atoms with Crippen molar-refractivity contribution in [2.75, 3.05) is 0 Å². The number of fused-ring (bicyclic) bond motifs is 9. The van der Waals surface area contributed by atoms with Crippen molar-refractivity contribution in [1.82, 2.24) is 13.7 Å². The van der Waals surface area contributed by atoms with Crippen LogP contribution in [-0.4, -0.2) is 13.7 Å². The van der Waals surface area contributed by atoms with Gasteiger partial charge in [0.05, 0.1) is 62.1 Å². The van der Waals surface area contributed by atoms with Crippen LogP contribution >= 0.6 is 0 Å². The monoisotopic (exact) mass is 699 g/mol. The zero-order valence-electron chi connectivity index (χ0n) is 29.5. The largest absolute Gasteiger partial charge is 0.309 e. The molecule has 0 unspecified atom stereocenters. The minimum atomic E-state index is 0.587. The number of hydrogen-bond donors (Lipinski definition) is 0. The number of hydrogen-bond acceptors (Lipinski definition) is 2. The molecule has 0 radical (unpaired) electrons. The van der Waals surface area contributed by atoms with Gasteiger partial charge in [0.15, 0.2) is 0 Å². The molecule has 11 aromatic rings. The summed E-state index contributed by atoms with van der Waals surface area (Å²) >= 11 is 0. The van der Waals surface area contributed by atoms with Crippen LogP contribution < -0.4 is 0 Å². The predicted octanol–water partition coefficient (Wildman–Crippen LogP) is 12.4. The molecule has 0 bridgehead atoms. The van der Waals surface area contributed by atoms with Crippen LogP contribution in [0.3, 0.4) is 0 Å². The van der Waals surface area contributed by atoms with E-state index in [0.29, 0.717) is 11.1 Å². The Labute approximate surface area is 316 Å².